The monoisotopic (exact) mass is 406 g/mol. The third-order valence-corrected chi connectivity index (χ3v) is 5.27. The molecule has 0 unspecified atom stereocenters. The Morgan fingerprint density at radius 1 is 1.00 bits per heavy atom. The molecule has 1 aliphatic heterocycles. The van der Waals surface area contributed by atoms with Gasteiger partial charge in [-0.05, 0) is 37.5 Å². The fourth-order valence-electron chi connectivity index (χ4n) is 3.46. The van der Waals surface area contributed by atoms with E-state index < -0.39 is 29.9 Å². The second-order valence-electron chi connectivity index (χ2n) is 7.59. The lowest BCUT2D eigenvalue weighted by Crippen LogP contribution is -2.49. The van der Waals surface area contributed by atoms with E-state index in [0.717, 1.165) is 23.3 Å². The molecule has 1 fully saturated rings. The second-order valence-corrected chi connectivity index (χ2v) is 7.59. The molecule has 30 heavy (non-hydrogen) atoms. The van der Waals surface area contributed by atoms with Gasteiger partial charge in [0.2, 0.25) is 0 Å². The van der Waals surface area contributed by atoms with E-state index in [1.54, 1.807) is 24.3 Å². The van der Waals surface area contributed by atoms with Gasteiger partial charge in [0.15, 0.2) is 6.10 Å². The number of imide groups is 1. The summed E-state index contributed by atoms with van der Waals surface area (Å²) in [5.41, 5.74) is 1.28. The van der Waals surface area contributed by atoms with Gasteiger partial charge in [-0.15, -0.1) is 0 Å². The Kier molecular flexibility index (Phi) is 5.35. The summed E-state index contributed by atoms with van der Waals surface area (Å²) in [6.45, 7) is 1.48. The number of nitrogens with one attached hydrogen (secondary N) is 1. The van der Waals surface area contributed by atoms with Crippen LogP contribution in [0.2, 0.25) is 0 Å². The summed E-state index contributed by atoms with van der Waals surface area (Å²) < 4.78 is 5.39. The Morgan fingerprint density at radius 2 is 1.57 bits per heavy atom. The van der Waals surface area contributed by atoms with Crippen molar-refractivity contribution in [1.29, 1.82) is 0 Å². The highest BCUT2D eigenvalue weighted by Gasteiger charge is 2.44. The van der Waals surface area contributed by atoms with Gasteiger partial charge in [-0.2, -0.15) is 0 Å². The Bertz CT molecular complexity index is 965. The molecule has 1 heterocycles. The molecule has 2 aromatic rings. The molecule has 2 aromatic carbocycles. The molecule has 0 bridgehead atoms. The minimum atomic E-state index is -1.17. The van der Waals surface area contributed by atoms with Crippen molar-refractivity contribution < 1.29 is 23.9 Å². The predicted octanol–water partition coefficient (Wildman–Crippen LogP) is 2.10. The van der Waals surface area contributed by atoms with Crippen molar-refractivity contribution in [3.05, 3.63) is 71.3 Å². The second kappa shape index (κ2) is 8.10. The molecular formula is C23H22N2O5. The first-order chi connectivity index (χ1) is 14.5. The van der Waals surface area contributed by atoms with Gasteiger partial charge in [0, 0.05) is 12.5 Å². The highest BCUT2D eigenvalue weighted by atomic mass is 16.5. The van der Waals surface area contributed by atoms with Crippen molar-refractivity contribution >= 4 is 23.7 Å². The number of fused-ring (bicyclic) bond motifs is 1. The molecule has 0 aromatic heterocycles. The van der Waals surface area contributed by atoms with Crippen molar-refractivity contribution in [2.24, 2.45) is 0 Å². The van der Waals surface area contributed by atoms with Crippen LogP contribution in [0.15, 0.2) is 54.6 Å². The van der Waals surface area contributed by atoms with Crippen LogP contribution in [0, 0.1) is 0 Å². The molecule has 154 valence electrons. The predicted molar refractivity (Wildman–Crippen MR) is 108 cm³/mol. The average molecular weight is 406 g/mol. The molecule has 2 atom stereocenters. The van der Waals surface area contributed by atoms with E-state index in [2.05, 4.69) is 5.32 Å². The SMILES string of the molecule is C[C@@H](OC(=O)[C@H](Cc1ccccc1)N1C(=O)c2ccccc2C1=O)C(=O)NC1CC1. The molecule has 1 N–H and O–H groups in total. The third-order valence-electron chi connectivity index (χ3n) is 5.27. The zero-order chi connectivity index (χ0) is 21.3. The molecule has 1 saturated carbocycles. The largest absolute Gasteiger partial charge is 0.451 e. The first-order valence-electron chi connectivity index (χ1n) is 9.97. The maximum Gasteiger partial charge on any atom is 0.330 e. The summed E-state index contributed by atoms with van der Waals surface area (Å²) in [4.78, 5) is 52.1. The van der Waals surface area contributed by atoms with Gasteiger partial charge in [0.05, 0.1) is 11.1 Å². The number of esters is 1. The quantitative estimate of drug-likeness (QED) is 0.562. The molecule has 0 spiro atoms. The van der Waals surface area contributed by atoms with Crippen molar-refractivity contribution in [2.45, 2.75) is 44.4 Å². The van der Waals surface area contributed by atoms with Gasteiger partial charge in [0.1, 0.15) is 6.04 Å². The number of rotatable bonds is 7. The summed E-state index contributed by atoms with van der Waals surface area (Å²) in [6.07, 6.45) is 0.907. The number of carbonyl (C=O) groups excluding carboxylic acids is 4. The number of amides is 3. The van der Waals surface area contributed by atoms with Crippen LogP contribution < -0.4 is 5.32 Å². The Morgan fingerprint density at radius 3 is 2.13 bits per heavy atom. The van der Waals surface area contributed by atoms with E-state index in [-0.39, 0.29) is 29.5 Å². The number of carbonyl (C=O) groups is 4. The van der Waals surface area contributed by atoms with Crippen LogP contribution in [0.4, 0.5) is 0 Å². The Labute approximate surface area is 174 Å². The first-order valence-corrected chi connectivity index (χ1v) is 9.97. The van der Waals surface area contributed by atoms with Crippen LogP contribution in [-0.2, 0) is 20.7 Å². The van der Waals surface area contributed by atoms with Crippen molar-refractivity contribution in [3.63, 3.8) is 0 Å². The molecule has 2 aliphatic rings. The van der Waals surface area contributed by atoms with E-state index in [1.807, 2.05) is 30.3 Å². The maximum absolute atomic E-state index is 13.0. The van der Waals surface area contributed by atoms with Gasteiger partial charge < -0.3 is 10.1 Å². The van der Waals surface area contributed by atoms with Crippen LogP contribution in [0.25, 0.3) is 0 Å². The summed E-state index contributed by atoms with van der Waals surface area (Å²) in [7, 11) is 0. The lowest BCUT2D eigenvalue weighted by atomic mass is 10.0. The lowest BCUT2D eigenvalue weighted by molar-refractivity contribution is -0.158. The lowest BCUT2D eigenvalue weighted by Gasteiger charge is -2.26. The van der Waals surface area contributed by atoms with Crippen LogP contribution in [0.5, 0.6) is 0 Å². The van der Waals surface area contributed by atoms with Gasteiger partial charge in [-0.25, -0.2) is 4.79 Å². The minimum absolute atomic E-state index is 0.0993. The zero-order valence-corrected chi connectivity index (χ0v) is 16.5. The standard InChI is InChI=1S/C23H22N2O5/c1-14(20(26)24-16-11-12-16)30-23(29)19(13-15-7-3-2-4-8-15)25-21(27)17-9-5-6-10-18(17)22(25)28/h2-10,14,16,19H,11-13H2,1H3,(H,24,26)/t14-,19+/m1/s1. The average Bonchev–Trinajstić information content (AvgIpc) is 3.53. The van der Waals surface area contributed by atoms with Gasteiger partial charge in [0.25, 0.3) is 17.7 Å². The number of benzene rings is 2. The smallest absolute Gasteiger partial charge is 0.330 e. The number of hydrogen-bond donors (Lipinski definition) is 1. The zero-order valence-electron chi connectivity index (χ0n) is 16.5. The minimum Gasteiger partial charge on any atom is -0.451 e. The number of hydrogen-bond acceptors (Lipinski definition) is 5. The highest BCUT2D eigenvalue weighted by molar-refractivity contribution is 6.22. The van der Waals surface area contributed by atoms with E-state index in [0.29, 0.717) is 0 Å². The van der Waals surface area contributed by atoms with Crippen molar-refractivity contribution in [3.8, 4) is 0 Å². The third kappa shape index (κ3) is 3.96. The van der Waals surface area contributed by atoms with Gasteiger partial charge >= 0.3 is 5.97 Å². The van der Waals surface area contributed by atoms with Crippen LogP contribution >= 0.6 is 0 Å². The summed E-state index contributed by atoms with van der Waals surface area (Å²) in [6, 6.07) is 14.5. The molecule has 0 radical (unpaired) electrons. The van der Waals surface area contributed by atoms with Crippen LogP contribution in [0.1, 0.15) is 46.0 Å². The van der Waals surface area contributed by atoms with Crippen molar-refractivity contribution in [2.75, 3.05) is 0 Å². The Balaban J connectivity index is 1.58. The summed E-state index contributed by atoms with van der Waals surface area (Å²) in [5.74, 6) is -2.24. The molecule has 7 nitrogen and oxygen atoms in total. The van der Waals surface area contributed by atoms with Crippen molar-refractivity contribution in [1.82, 2.24) is 10.2 Å². The van der Waals surface area contributed by atoms with E-state index in [4.69, 9.17) is 4.74 Å². The number of ether oxygens (including phenoxy) is 1. The van der Waals surface area contributed by atoms with Gasteiger partial charge in [-0.1, -0.05) is 42.5 Å². The fraction of sp³-hybridized carbons (Fsp3) is 0.304. The molecule has 4 rings (SSSR count). The van der Waals surface area contributed by atoms with Gasteiger partial charge in [-0.3, -0.25) is 19.3 Å². The van der Waals surface area contributed by atoms with E-state index >= 15 is 0 Å². The molecule has 7 heteroatoms. The first kappa shape index (κ1) is 19.8. The van der Waals surface area contributed by atoms with Crippen LogP contribution in [0.3, 0.4) is 0 Å². The molecule has 3 amide bonds. The van der Waals surface area contributed by atoms with E-state index in [1.165, 1.54) is 6.92 Å². The van der Waals surface area contributed by atoms with Crippen LogP contribution in [-0.4, -0.2) is 46.8 Å². The topological polar surface area (TPSA) is 92.8 Å². The molecular weight excluding hydrogens is 384 g/mol. The molecule has 0 saturated heterocycles. The van der Waals surface area contributed by atoms with E-state index in [9.17, 15) is 19.2 Å². The fourth-order valence-corrected chi connectivity index (χ4v) is 3.46. The molecule has 1 aliphatic carbocycles. The summed E-state index contributed by atoms with van der Waals surface area (Å²) in [5, 5.41) is 2.79. The maximum atomic E-state index is 13.0. The summed E-state index contributed by atoms with van der Waals surface area (Å²) >= 11 is 0. The Hall–Kier alpha value is -3.48. The highest BCUT2D eigenvalue weighted by Crippen LogP contribution is 2.27. The normalized spacial score (nSPS) is 17.3. The number of nitrogens with zero attached hydrogens (tertiary/aromatic N) is 1.